The van der Waals surface area contributed by atoms with Crippen LogP contribution in [0.15, 0.2) is 12.1 Å². The summed E-state index contributed by atoms with van der Waals surface area (Å²) in [5.74, 6) is -1.38. The lowest BCUT2D eigenvalue weighted by Crippen LogP contribution is -2.19. The Morgan fingerprint density at radius 3 is 2.45 bits per heavy atom. The third-order valence-corrected chi connectivity index (χ3v) is 2.77. The number of carbonyl (C=O) groups excluding carboxylic acids is 2. The van der Waals surface area contributed by atoms with E-state index in [2.05, 4.69) is 4.74 Å². The maximum Gasteiger partial charge on any atom is 0.379 e. The van der Waals surface area contributed by atoms with Gasteiger partial charge in [-0.15, -0.1) is 0 Å². The first-order valence-corrected chi connectivity index (χ1v) is 6.95. The smallest absolute Gasteiger partial charge is 0.379 e. The Balaban J connectivity index is 3.15. The van der Waals surface area contributed by atoms with Crippen LogP contribution in [-0.2, 0) is 9.53 Å². The van der Waals surface area contributed by atoms with Gasteiger partial charge in [-0.3, -0.25) is 4.79 Å². The summed E-state index contributed by atoms with van der Waals surface area (Å²) in [6.07, 6.45) is 0. The lowest BCUT2D eigenvalue weighted by molar-refractivity contribution is -0.137. The molecule has 6 heteroatoms. The zero-order valence-corrected chi connectivity index (χ0v) is 13.0. The molecule has 0 N–H and O–H groups in total. The second kappa shape index (κ2) is 7.50. The molecule has 1 aromatic carbocycles. The van der Waals surface area contributed by atoms with E-state index in [0.29, 0.717) is 6.61 Å². The fourth-order valence-corrected chi connectivity index (χ4v) is 1.98. The third-order valence-electron chi connectivity index (χ3n) is 2.27. The molecule has 0 atom stereocenters. The van der Waals surface area contributed by atoms with Crippen LogP contribution in [-0.4, -0.2) is 25.0 Å². The van der Waals surface area contributed by atoms with Crippen molar-refractivity contribution >= 4 is 35.0 Å². The number of ketones is 1. The quantitative estimate of drug-likeness (QED) is 0.455. The van der Waals surface area contributed by atoms with E-state index >= 15 is 0 Å². The van der Waals surface area contributed by atoms with Gasteiger partial charge in [-0.1, -0.05) is 37.0 Å². The van der Waals surface area contributed by atoms with Crippen LogP contribution in [0.2, 0.25) is 10.0 Å². The molecule has 0 spiro atoms. The van der Waals surface area contributed by atoms with Crippen LogP contribution in [0.4, 0.5) is 0 Å². The molecule has 0 saturated heterocycles. The maximum absolute atomic E-state index is 12.0. The predicted octanol–water partition coefficient (Wildman–Crippen LogP) is 3.77. The summed E-state index contributed by atoms with van der Waals surface area (Å²) in [5, 5.41) is 0.436. The zero-order chi connectivity index (χ0) is 15.3. The van der Waals surface area contributed by atoms with E-state index in [1.54, 1.807) is 6.92 Å². The molecule has 0 aliphatic rings. The molecule has 0 heterocycles. The van der Waals surface area contributed by atoms with E-state index in [-0.39, 0.29) is 33.9 Å². The van der Waals surface area contributed by atoms with Gasteiger partial charge >= 0.3 is 5.97 Å². The Morgan fingerprint density at radius 1 is 1.25 bits per heavy atom. The maximum atomic E-state index is 12.0. The number of Topliss-reactive ketones (excluding diaryl/α,β-unsaturated/α-hetero) is 1. The van der Waals surface area contributed by atoms with Crippen molar-refractivity contribution in [3.05, 3.63) is 27.7 Å². The van der Waals surface area contributed by atoms with Gasteiger partial charge in [0.05, 0.1) is 23.8 Å². The second-order valence-electron chi connectivity index (χ2n) is 4.52. The number of hydrogen-bond acceptors (Lipinski definition) is 4. The molecular formula is C14H16Cl2O4. The van der Waals surface area contributed by atoms with Crippen molar-refractivity contribution in [2.45, 2.75) is 20.8 Å². The fraction of sp³-hybridized carbons (Fsp3) is 0.429. The summed E-state index contributed by atoms with van der Waals surface area (Å²) in [6.45, 7) is 6.01. The summed E-state index contributed by atoms with van der Waals surface area (Å²) in [5.41, 5.74) is 0.0154. The van der Waals surface area contributed by atoms with Crippen molar-refractivity contribution in [1.82, 2.24) is 0 Å². The first-order valence-electron chi connectivity index (χ1n) is 6.20. The molecule has 0 unspecified atom stereocenters. The van der Waals surface area contributed by atoms with Crippen LogP contribution >= 0.6 is 23.2 Å². The van der Waals surface area contributed by atoms with Gasteiger partial charge in [0, 0.05) is 5.02 Å². The Labute approximate surface area is 128 Å². The van der Waals surface area contributed by atoms with Crippen molar-refractivity contribution in [3.8, 4) is 5.75 Å². The zero-order valence-electron chi connectivity index (χ0n) is 11.5. The normalized spacial score (nSPS) is 10.5. The Hall–Kier alpha value is -1.26. The molecule has 0 fully saturated rings. The van der Waals surface area contributed by atoms with Gasteiger partial charge in [0.1, 0.15) is 5.75 Å². The minimum Gasteiger partial charge on any atom is -0.491 e. The summed E-state index contributed by atoms with van der Waals surface area (Å²) in [7, 11) is 0. The van der Waals surface area contributed by atoms with Crippen LogP contribution in [0.5, 0.6) is 5.75 Å². The van der Waals surface area contributed by atoms with Gasteiger partial charge in [-0.2, -0.15) is 0 Å². The van der Waals surface area contributed by atoms with E-state index < -0.39 is 11.8 Å². The summed E-state index contributed by atoms with van der Waals surface area (Å²) in [4.78, 5) is 23.6. The highest BCUT2D eigenvalue weighted by atomic mass is 35.5. The van der Waals surface area contributed by atoms with Gasteiger partial charge in [0.2, 0.25) is 0 Å². The summed E-state index contributed by atoms with van der Waals surface area (Å²) in [6, 6.07) is 2.81. The molecule has 0 radical (unpaired) electrons. The molecular weight excluding hydrogens is 303 g/mol. The fourth-order valence-electron chi connectivity index (χ4n) is 1.43. The third kappa shape index (κ3) is 4.39. The minimum absolute atomic E-state index is 0.0154. The van der Waals surface area contributed by atoms with Crippen molar-refractivity contribution in [3.63, 3.8) is 0 Å². The van der Waals surface area contributed by atoms with E-state index in [1.807, 2.05) is 13.8 Å². The topological polar surface area (TPSA) is 52.6 Å². The molecule has 20 heavy (non-hydrogen) atoms. The van der Waals surface area contributed by atoms with Gasteiger partial charge in [-0.25, -0.2) is 4.79 Å². The Kier molecular flexibility index (Phi) is 6.30. The summed E-state index contributed by atoms with van der Waals surface area (Å²) < 4.78 is 10.2. The molecule has 1 rings (SSSR count). The number of halogens is 2. The van der Waals surface area contributed by atoms with E-state index in [1.165, 1.54) is 12.1 Å². The number of hydrogen-bond donors (Lipinski definition) is 0. The first kappa shape index (κ1) is 16.8. The van der Waals surface area contributed by atoms with E-state index in [0.717, 1.165) is 0 Å². The largest absolute Gasteiger partial charge is 0.491 e. The molecule has 0 amide bonds. The van der Waals surface area contributed by atoms with E-state index in [9.17, 15) is 9.59 Å². The number of benzene rings is 1. The summed E-state index contributed by atoms with van der Waals surface area (Å²) >= 11 is 11.9. The van der Waals surface area contributed by atoms with Crippen molar-refractivity contribution < 1.29 is 19.1 Å². The van der Waals surface area contributed by atoms with Gasteiger partial charge < -0.3 is 9.47 Å². The molecule has 0 bridgehead atoms. The average Bonchev–Trinajstić information content (AvgIpc) is 2.36. The lowest BCUT2D eigenvalue weighted by Gasteiger charge is -2.14. The first-order chi connectivity index (χ1) is 9.36. The van der Waals surface area contributed by atoms with Crippen LogP contribution in [0, 0.1) is 5.92 Å². The number of carbonyl (C=O) groups is 2. The monoisotopic (exact) mass is 318 g/mol. The van der Waals surface area contributed by atoms with Gasteiger partial charge in [-0.05, 0) is 25.0 Å². The van der Waals surface area contributed by atoms with Gasteiger partial charge in [0.15, 0.2) is 0 Å². The average molecular weight is 319 g/mol. The Bertz CT molecular complexity index is 512. The molecule has 0 aliphatic carbocycles. The highest BCUT2D eigenvalue weighted by Crippen LogP contribution is 2.33. The highest BCUT2D eigenvalue weighted by Gasteiger charge is 2.24. The van der Waals surface area contributed by atoms with Crippen LogP contribution in [0.3, 0.4) is 0 Å². The molecule has 0 aliphatic heterocycles. The molecule has 1 aromatic rings. The molecule has 0 saturated carbocycles. The highest BCUT2D eigenvalue weighted by molar-refractivity contribution is 6.43. The molecule has 4 nitrogen and oxygen atoms in total. The Morgan fingerprint density at radius 2 is 1.90 bits per heavy atom. The van der Waals surface area contributed by atoms with E-state index in [4.69, 9.17) is 27.9 Å². The minimum atomic E-state index is -0.958. The molecule has 0 aromatic heterocycles. The van der Waals surface area contributed by atoms with Crippen molar-refractivity contribution in [2.75, 3.05) is 13.2 Å². The van der Waals surface area contributed by atoms with Crippen molar-refractivity contribution in [1.29, 1.82) is 0 Å². The lowest BCUT2D eigenvalue weighted by atomic mass is 10.1. The van der Waals surface area contributed by atoms with Crippen molar-refractivity contribution in [2.24, 2.45) is 5.92 Å². The SMILES string of the molecule is CCOC(=O)C(=O)c1cc(Cl)cc(Cl)c1OCC(C)C. The second-order valence-corrected chi connectivity index (χ2v) is 5.36. The van der Waals surface area contributed by atoms with Crippen LogP contribution in [0.25, 0.3) is 0 Å². The standard InChI is InChI=1S/C14H16Cl2O4/c1-4-19-14(18)12(17)10-5-9(15)6-11(16)13(10)20-7-8(2)3/h5-6,8H,4,7H2,1-3H3. The number of esters is 1. The molecule has 110 valence electrons. The van der Waals surface area contributed by atoms with Gasteiger partial charge in [0.25, 0.3) is 5.78 Å². The van der Waals surface area contributed by atoms with Crippen LogP contribution < -0.4 is 4.74 Å². The van der Waals surface area contributed by atoms with Crippen LogP contribution in [0.1, 0.15) is 31.1 Å². The number of ether oxygens (including phenoxy) is 2. The predicted molar refractivity (Wildman–Crippen MR) is 77.8 cm³/mol. The number of rotatable bonds is 6.